The summed E-state index contributed by atoms with van der Waals surface area (Å²) in [5, 5.41) is 0. The molecule has 0 aliphatic rings. The molecule has 0 saturated heterocycles. The highest BCUT2D eigenvalue weighted by Gasteiger charge is 2.04. The van der Waals surface area contributed by atoms with E-state index in [0.29, 0.717) is 5.92 Å². The zero-order valence-electron chi connectivity index (χ0n) is 10.1. The monoisotopic (exact) mass is 211 g/mol. The third-order valence-corrected chi connectivity index (χ3v) is 2.78. The Morgan fingerprint density at radius 3 is 2.25 bits per heavy atom. The lowest BCUT2D eigenvalue weighted by molar-refractivity contribution is 0.865. The molecule has 16 heavy (non-hydrogen) atoms. The van der Waals surface area contributed by atoms with E-state index < -0.39 is 0 Å². The van der Waals surface area contributed by atoms with Crippen LogP contribution in [0.5, 0.6) is 0 Å². The summed E-state index contributed by atoms with van der Waals surface area (Å²) in [6.45, 7) is 6.60. The maximum atomic E-state index is 4.05. The van der Waals surface area contributed by atoms with Crippen LogP contribution in [0.1, 0.15) is 30.9 Å². The minimum atomic E-state index is 0.570. The maximum absolute atomic E-state index is 4.05. The van der Waals surface area contributed by atoms with Gasteiger partial charge in [-0.2, -0.15) is 0 Å². The Balaban J connectivity index is 2.50. The van der Waals surface area contributed by atoms with Gasteiger partial charge in [0.1, 0.15) is 0 Å². The highest BCUT2D eigenvalue weighted by molar-refractivity contribution is 5.64. The molecule has 0 atom stereocenters. The van der Waals surface area contributed by atoms with Gasteiger partial charge in [-0.3, -0.25) is 4.98 Å². The van der Waals surface area contributed by atoms with Crippen LogP contribution in [0, 0.1) is 6.92 Å². The van der Waals surface area contributed by atoms with Gasteiger partial charge in [0.05, 0.1) is 0 Å². The number of pyridine rings is 1. The summed E-state index contributed by atoms with van der Waals surface area (Å²) in [6, 6.07) is 10.9. The van der Waals surface area contributed by atoms with E-state index in [4.69, 9.17) is 0 Å². The lowest BCUT2D eigenvalue weighted by Crippen LogP contribution is -1.90. The predicted octanol–water partition coefficient (Wildman–Crippen LogP) is 4.18. The Kier molecular flexibility index (Phi) is 3.04. The first-order valence-electron chi connectivity index (χ1n) is 5.69. The van der Waals surface area contributed by atoms with Crippen molar-refractivity contribution >= 4 is 0 Å². The quantitative estimate of drug-likeness (QED) is 0.726. The van der Waals surface area contributed by atoms with Gasteiger partial charge < -0.3 is 0 Å². The van der Waals surface area contributed by atoms with Crippen molar-refractivity contribution in [2.24, 2.45) is 0 Å². The minimum Gasteiger partial charge on any atom is -0.265 e. The first-order chi connectivity index (χ1) is 7.66. The van der Waals surface area contributed by atoms with E-state index in [1.54, 1.807) is 0 Å². The molecule has 1 heteroatoms. The molecule has 1 heterocycles. The molecular weight excluding hydrogens is 194 g/mol. The molecule has 82 valence electrons. The summed E-state index contributed by atoms with van der Waals surface area (Å²) in [5.41, 5.74) is 5.23. The van der Waals surface area contributed by atoms with Gasteiger partial charge in [-0.25, -0.2) is 0 Å². The van der Waals surface area contributed by atoms with Crippen LogP contribution >= 0.6 is 0 Å². The van der Waals surface area contributed by atoms with Crippen molar-refractivity contribution in [2.45, 2.75) is 26.7 Å². The third-order valence-electron chi connectivity index (χ3n) is 2.78. The van der Waals surface area contributed by atoms with E-state index in [2.05, 4.69) is 56.1 Å². The number of aryl methyl sites for hydroxylation is 1. The molecule has 2 rings (SSSR count). The number of hydrogen-bond donors (Lipinski definition) is 0. The molecule has 0 N–H and O–H groups in total. The van der Waals surface area contributed by atoms with Gasteiger partial charge in [0.15, 0.2) is 0 Å². The summed E-state index contributed by atoms with van der Waals surface area (Å²) in [7, 11) is 0. The SMILES string of the molecule is Cc1cc(-c2ccncc2)cc(C(C)C)c1. The fourth-order valence-corrected chi connectivity index (χ4v) is 1.86. The van der Waals surface area contributed by atoms with Gasteiger partial charge >= 0.3 is 0 Å². The predicted molar refractivity (Wildman–Crippen MR) is 68.5 cm³/mol. The first-order valence-corrected chi connectivity index (χ1v) is 5.69. The Hall–Kier alpha value is -1.63. The van der Waals surface area contributed by atoms with Crippen molar-refractivity contribution in [3.05, 3.63) is 53.9 Å². The van der Waals surface area contributed by atoms with Crippen LogP contribution in [0.15, 0.2) is 42.7 Å². The van der Waals surface area contributed by atoms with Gasteiger partial charge in [0, 0.05) is 12.4 Å². The fraction of sp³-hybridized carbons (Fsp3) is 0.267. The molecule has 0 unspecified atom stereocenters. The van der Waals surface area contributed by atoms with E-state index in [0.717, 1.165) is 0 Å². The Labute approximate surface area is 97.2 Å². The number of aromatic nitrogens is 1. The molecule has 1 aromatic carbocycles. The van der Waals surface area contributed by atoms with Crippen molar-refractivity contribution in [3.8, 4) is 11.1 Å². The second-order valence-corrected chi connectivity index (χ2v) is 4.52. The Morgan fingerprint density at radius 1 is 0.938 bits per heavy atom. The summed E-state index contributed by atoms with van der Waals surface area (Å²) in [6.07, 6.45) is 3.68. The van der Waals surface area contributed by atoms with E-state index in [-0.39, 0.29) is 0 Å². The van der Waals surface area contributed by atoms with Crippen LogP contribution in [0.3, 0.4) is 0 Å². The second kappa shape index (κ2) is 4.48. The van der Waals surface area contributed by atoms with Crippen LogP contribution < -0.4 is 0 Å². The van der Waals surface area contributed by atoms with Gasteiger partial charge in [0.25, 0.3) is 0 Å². The van der Waals surface area contributed by atoms with Crippen LogP contribution in [-0.2, 0) is 0 Å². The normalized spacial score (nSPS) is 10.8. The molecule has 1 aromatic heterocycles. The van der Waals surface area contributed by atoms with Gasteiger partial charge in [0.2, 0.25) is 0 Å². The first kappa shape index (κ1) is 10.9. The summed E-state index contributed by atoms with van der Waals surface area (Å²) >= 11 is 0. The molecule has 0 aliphatic heterocycles. The largest absolute Gasteiger partial charge is 0.265 e. The van der Waals surface area contributed by atoms with Crippen molar-refractivity contribution in [1.29, 1.82) is 0 Å². The lowest BCUT2D eigenvalue weighted by atomic mass is 9.95. The van der Waals surface area contributed by atoms with Crippen LogP contribution in [-0.4, -0.2) is 4.98 Å². The summed E-state index contributed by atoms with van der Waals surface area (Å²) in [4.78, 5) is 4.05. The molecule has 0 bridgehead atoms. The number of rotatable bonds is 2. The number of hydrogen-bond acceptors (Lipinski definition) is 1. The maximum Gasteiger partial charge on any atom is 0.0273 e. The molecule has 0 aliphatic carbocycles. The molecular formula is C15H17N. The molecule has 0 amide bonds. The summed E-state index contributed by atoms with van der Waals surface area (Å²) < 4.78 is 0. The minimum absolute atomic E-state index is 0.570. The smallest absolute Gasteiger partial charge is 0.0273 e. The highest BCUT2D eigenvalue weighted by atomic mass is 14.6. The van der Waals surface area contributed by atoms with Crippen LogP contribution in [0.25, 0.3) is 11.1 Å². The molecule has 1 nitrogen and oxygen atoms in total. The molecule has 0 spiro atoms. The van der Waals surface area contributed by atoms with Crippen molar-refractivity contribution < 1.29 is 0 Å². The van der Waals surface area contributed by atoms with Gasteiger partial charge in [-0.1, -0.05) is 37.6 Å². The van der Waals surface area contributed by atoms with Crippen molar-refractivity contribution in [3.63, 3.8) is 0 Å². The standard InChI is InChI=1S/C15H17N/c1-11(2)14-8-12(3)9-15(10-14)13-4-6-16-7-5-13/h4-11H,1-3H3. The molecule has 0 radical (unpaired) electrons. The average molecular weight is 211 g/mol. The zero-order chi connectivity index (χ0) is 11.5. The van der Waals surface area contributed by atoms with E-state index in [1.165, 1.54) is 22.3 Å². The molecule has 0 saturated carbocycles. The topological polar surface area (TPSA) is 12.9 Å². The summed E-state index contributed by atoms with van der Waals surface area (Å²) in [5.74, 6) is 0.570. The lowest BCUT2D eigenvalue weighted by Gasteiger charge is -2.10. The number of nitrogens with zero attached hydrogens (tertiary/aromatic N) is 1. The fourth-order valence-electron chi connectivity index (χ4n) is 1.86. The average Bonchev–Trinajstić information content (AvgIpc) is 2.29. The molecule has 2 aromatic rings. The highest BCUT2D eigenvalue weighted by Crippen LogP contribution is 2.25. The van der Waals surface area contributed by atoms with E-state index >= 15 is 0 Å². The van der Waals surface area contributed by atoms with Gasteiger partial charge in [-0.05, 0) is 41.7 Å². The Bertz CT molecular complexity index is 472. The second-order valence-electron chi connectivity index (χ2n) is 4.52. The van der Waals surface area contributed by atoms with Gasteiger partial charge in [-0.15, -0.1) is 0 Å². The number of benzene rings is 1. The Morgan fingerprint density at radius 2 is 1.62 bits per heavy atom. The zero-order valence-corrected chi connectivity index (χ0v) is 10.1. The molecule has 0 fully saturated rings. The van der Waals surface area contributed by atoms with E-state index in [1.807, 2.05) is 12.4 Å². The van der Waals surface area contributed by atoms with Crippen LogP contribution in [0.4, 0.5) is 0 Å². The van der Waals surface area contributed by atoms with Crippen molar-refractivity contribution in [1.82, 2.24) is 4.98 Å². The third kappa shape index (κ3) is 2.30. The van der Waals surface area contributed by atoms with Crippen LogP contribution in [0.2, 0.25) is 0 Å². The van der Waals surface area contributed by atoms with E-state index in [9.17, 15) is 0 Å². The van der Waals surface area contributed by atoms with Crippen molar-refractivity contribution in [2.75, 3.05) is 0 Å².